The quantitative estimate of drug-likeness (QED) is 0.159. The molecule has 2 amide bonds. The van der Waals surface area contributed by atoms with Gasteiger partial charge in [-0.15, -0.1) is 0 Å². The van der Waals surface area contributed by atoms with Gasteiger partial charge in [-0.2, -0.15) is 0 Å². The molecule has 0 radical (unpaired) electrons. The van der Waals surface area contributed by atoms with Gasteiger partial charge >= 0.3 is 0 Å². The lowest BCUT2D eigenvalue weighted by molar-refractivity contribution is -0.140. The summed E-state index contributed by atoms with van der Waals surface area (Å²) in [4.78, 5) is 30.3. The molecule has 1 N–H and O–H groups in total. The van der Waals surface area contributed by atoms with E-state index in [1.54, 1.807) is 18.2 Å². The summed E-state index contributed by atoms with van der Waals surface area (Å²) in [6.45, 7) is -0.490. The van der Waals surface area contributed by atoms with E-state index in [0.717, 1.165) is 52.0 Å². The zero-order chi connectivity index (χ0) is 33.4. The van der Waals surface area contributed by atoms with Gasteiger partial charge in [0.25, 0.3) is 10.0 Å². The molecule has 1 atom stereocenters. The fourth-order valence-electron chi connectivity index (χ4n) is 5.77. The van der Waals surface area contributed by atoms with E-state index in [-0.39, 0.29) is 45.5 Å². The second-order valence-corrected chi connectivity index (χ2v) is 15.2. The SMILES string of the molecule is O=C(NC1CCCCC1)C(Cc1ccccc1)N(Cc1ccc(Br)cc1)C(=O)CN(c1ccc(Cl)c(Cl)c1)S(=O)(=O)c1ccccc1. The normalized spacial score (nSPS) is 14.3. The Bertz CT molecular complexity index is 1770. The molecule has 0 bridgehead atoms. The Morgan fingerprint density at radius 3 is 2.09 bits per heavy atom. The van der Waals surface area contributed by atoms with E-state index >= 15 is 0 Å². The number of carbonyl (C=O) groups excluding carboxylic acids is 2. The van der Waals surface area contributed by atoms with Gasteiger partial charge in [0, 0.05) is 23.5 Å². The summed E-state index contributed by atoms with van der Waals surface area (Å²) in [6.07, 6.45) is 5.21. The van der Waals surface area contributed by atoms with Crippen molar-refractivity contribution in [2.24, 2.45) is 0 Å². The standard InChI is InChI=1S/C36H36BrCl2N3O4S/c37-28-18-16-27(17-19-28)24-41(34(22-26-10-4-1-5-11-26)36(44)40-29-12-6-2-7-13-29)35(43)25-42(30-20-21-32(38)33(39)23-30)47(45,46)31-14-8-3-9-15-31/h1,3-5,8-11,14-21,23,29,34H,2,6-7,12-13,22,24-25H2,(H,40,44). The van der Waals surface area contributed by atoms with Crippen molar-refractivity contribution < 1.29 is 18.0 Å². The molecule has 1 fully saturated rings. The topological polar surface area (TPSA) is 86.8 Å². The predicted molar refractivity (Wildman–Crippen MR) is 191 cm³/mol. The van der Waals surface area contributed by atoms with Crippen LogP contribution in [-0.2, 0) is 32.6 Å². The minimum absolute atomic E-state index is 0.00853. The first-order chi connectivity index (χ1) is 22.6. The van der Waals surface area contributed by atoms with Crippen LogP contribution in [-0.4, -0.2) is 43.8 Å². The van der Waals surface area contributed by atoms with Gasteiger partial charge in [0.15, 0.2) is 0 Å². The summed E-state index contributed by atoms with van der Waals surface area (Å²) < 4.78 is 30.2. The van der Waals surface area contributed by atoms with Crippen molar-refractivity contribution in [2.75, 3.05) is 10.8 Å². The highest BCUT2D eigenvalue weighted by atomic mass is 79.9. The molecular weight excluding hydrogens is 721 g/mol. The summed E-state index contributed by atoms with van der Waals surface area (Å²) in [5.74, 6) is -0.809. The molecule has 7 nitrogen and oxygen atoms in total. The number of nitrogens with zero attached hydrogens (tertiary/aromatic N) is 2. The Labute approximate surface area is 295 Å². The van der Waals surface area contributed by atoms with Crippen molar-refractivity contribution in [2.45, 2.75) is 62.0 Å². The molecule has 1 saturated carbocycles. The molecule has 4 aromatic rings. The third-order valence-electron chi connectivity index (χ3n) is 8.29. The van der Waals surface area contributed by atoms with Crippen LogP contribution in [0.5, 0.6) is 0 Å². The van der Waals surface area contributed by atoms with Crippen molar-refractivity contribution in [1.29, 1.82) is 0 Å². The number of hydrogen-bond donors (Lipinski definition) is 1. The van der Waals surface area contributed by atoms with Crippen molar-refractivity contribution in [3.05, 3.63) is 129 Å². The van der Waals surface area contributed by atoms with Crippen LogP contribution in [0, 0.1) is 0 Å². The zero-order valence-electron chi connectivity index (χ0n) is 25.7. The number of nitrogens with one attached hydrogen (secondary N) is 1. The molecule has 1 aliphatic rings. The number of hydrogen-bond acceptors (Lipinski definition) is 4. The maximum Gasteiger partial charge on any atom is 0.264 e. The van der Waals surface area contributed by atoms with E-state index in [1.165, 1.54) is 35.2 Å². The maximum absolute atomic E-state index is 14.6. The lowest BCUT2D eigenvalue weighted by Crippen LogP contribution is -2.55. The van der Waals surface area contributed by atoms with Gasteiger partial charge in [-0.25, -0.2) is 8.42 Å². The van der Waals surface area contributed by atoms with Crippen LogP contribution in [0.4, 0.5) is 5.69 Å². The first kappa shape index (κ1) is 35.0. The first-order valence-electron chi connectivity index (χ1n) is 15.5. The number of amides is 2. The highest BCUT2D eigenvalue weighted by Crippen LogP contribution is 2.31. The average molecular weight is 758 g/mol. The molecule has 246 valence electrons. The minimum atomic E-state index is -4.24. The molecule has 1 aliphatic carbocycles. The number of benzene rings is 4. The summed E-state index contributed by atoms with van der Waals surface area (Å²) >= 11 is 16.0. The van der Waals surface area contributed by atoms with E-state index in [1.807, 2.05) is 54.6 Å². The van der Waals surface area contributed by atoms with Crippen molar-refractivity contribution >= 4 is 66.7 Å². The van der Waals surface area contributed by atoms with Crippen LogP contribution in [0.1, 0.15) is 43.2 Å². The largest absolute Gasteiger partial charge is 0.352 e. The number of rotatable bonds is 12. The third kappa shape index (κ3) is 9.16. The Morgan fingerprint density at radius 2 is 1.45 bits per heavy atom. The molecular formula is C36H36BrCl2N3O4S. The van der Waals surface area contributed by atoms with Crippen LogP contribution < -0.4 is 9.62 Å². The van der Waals surface area contributed by atoms with Gasteiger partial charge in [-0.05, 0) is 66.4 Å². The van der Waals surface area contributed by atoms with E-state index in [2.05, 4.69) is 21.2 Å². The number of sulfonamides is 1. The maximum atomic E-state index is 14.6. The fraction of sp³-hybridized carbons (Fsp3) is 0.278. The Kier molecular flexibility index (Phi) is 12.0. The highest BCUT2D eigenvalue weighted by Gasteiger charge is 2.35. The molecule has 0 heterocycles. The van der Waals surface area contributed by atoms with E-state index in [9.17, 15) is 18.0 Å². The Hall–Kier alpha value is -3.37. The zero-order valence-corrected chi connectivity index (χ0v) is 29.6. The summed E-state index contributed by atoms with van der Waals surface area (Å²) in [5.41, 5.74) is 1.84. The number of carbonyl (C=O) groups is 2. The predicted octanol–water partition coefficient (Wildman–Crippen LogP) is 8.04. The average Bonchev–Trinajstić information content (AvgIpc) is 3.08. The molecule has 0 aromatic heterocycles. The van der Waals surface area contributed by atoms with Crippen molar-refractivity contribution in [3.8, 4) is 0 Å². The van der Waals surface area contributed by atoms with E-state index in [4.69, 9.17) is 23.2 Å². The summed E-state index contributed by atoms with van der Waals surface area (Å²) in [5, 5.41) is 3.61. The summed E-state index contributed by atoms with van der Waals surface area (Å²) in [6, 6.07) is 28.4. The Morgan fingerprint density at radius 1 is 0.809 bits per heavy atom. The Balaban J connectivity index is 1.56. The van der Waals surface area contributed by atoms with Gasteiger partial charge < -0.3 is 10.2 Å². The van der Waals surface area contributed by atoms with Crippen LogP contribution in [0.3, 0.4) is 0 Å². The van der Waals surface area contributed by atoms with Crippen molar-refractivity contribution in [3.63, 3.8) is 0 Å². The lowest BCUT2D eigenvalue weighted by atomic mass is 9.94. The van der Waals surface area contributed by atoms with Crippen molar-refractivity contribution in [1.82, 2.24) is 10.2 Å². The molecule has 11 heteroatoms. The van der Waals surface area contributed by atoms with Crippen LogP contribution in [0.25, 0.3) is 0 Å². The van der Waals surface area contributed by atoms with Crippen LogP contribution >= 0.6 is 39.1 Å². The summed E-state index contributed by atoms with van der Waals surface area (Å²) in [7, 11) is -4.24. The van der Waals surface area contributed by atoms with Gasteiger partial charge in [-0.3, -0.25) is 13.9 Å². The van der Waals surface area contributed by atoms with Crippen LogP contribution in [0.15, 0.2) is 112 Å². The molecule has 4 aromatic carbocycles. The third-order valence-corrected chi connectivity index (χ3v) is 11.3. The molecule has 0 aliphatic heterocycles. The van der Waals surface area contributed by atoms with Crippen LogP contribution in [0.2, 0.25) is 10.0 Å². The van der Waals surface area contributed by atoms with E-state index in [0.29, 0.717) is 0 Å². The fourth-order valence-corrected chi connectivity index (χ4v) is 7.76. The van der Waals surface area contributed by atoms with Gasteiger partial charge in [0.2, 0.25) is 11.8 Å². The highest BCUT2D eigenvalue weighted by molar-refractivity contribution is 9.10. The molecule has 47 heavy (non-hydrogen) atoms. The number of halogens is 3. The van der Waals surface area contributed by atoms with E-state index < -0.39 is 28.5 Å². The molecule has 1 unspecified atom stereocenters. The monoisotopic (exact) mass is 755 g/mol. The lowest BCUT2D eigenvalue weighted by Gasteiger charge is -2.35. The van der Waals surface area contributed by atoms with Gasteiger partial charge in [0.05, 0.1) is 20.6 Å². The second kappa shape index (κ2) is 16.2. The molecule has 0 spiro atoms. The second-order valence-electron chi connectivity index (χ2n) is 11.6. The van der Waals surface area contributed by atoms with Gasteiger partial charge in [-0.1, -0.05) is 119 Å². The van der Waals surface area contributed by atoms with Gasteiger partial charge in [0.1, 0.15) is 12.6 Å². The molecule has 5 rings (SSSR count). The number of anilines is 1. The minimum Gasteiger partial charge on any atom is -0.352 e. The smallest absolute Gasteiger partial charge is 0.264 e. The first-order valence-corrected chi connectivity index (χ1v) is 18.5. The molecule has 0 saturated heterocycles.